The highest BCUT2D eigenvalue weighted by molar-refractivity contribution is 5.75. The fourth-order valence-corrected chi connectivity index (χ4v) is 1.37. The highest BCUT2D eigenvalue weighted by Gasteiger charge is 2.15. The van der Waals surface area contributed by atoms with Gasteiger partial charge in [0.25, 0.3) is 0 Å². The molecule has 4 heteroatoms. The number of methoxy groups -OCH3 is 1. The Morgan fingerprint density at radius 2 is 2.00 bits per heavy atom. The molecule has 0 saturated heterocycles. The molecule has 4 nitrogen and oxygen atoms in total. The first kappa shape index (κ1) is 11.7. The molecular weight excluding hydrogens is 192 g/mol. The van der Waals surface area contributed by atoms with Crippen LogP contribution in [0.5, 0.6) is 0 Å². The van der Waals surface area contributed by atoms with E-state index >= 15 is 0 Å². The van der Waals surface area contributed by atoms with Gasteiger partial charge in [-0.25, -0.2) is 0 Å². The van der Waals surface area contributed by atoms with Crippen molar-refractivity contribution in [2.24, 2.45) is 0 Å². The zero-order valence-corrected chi connectivity index (χ0v) is 9.23. The molecule has 0 amide bonds. The van der Waals surface area contributed by atoms with Crippen molar-refractivity contribution in [1.29, 1.82) is 0 Å². The number of hydrogen-bond donors (Lipinski definition) is 1. The van der Waals surface area contributed by atoms with Gasteiger partial charge in [-0.05, 0) is 31.5 Å². The quantitative estimate of drug-likeness (QED) is 0.758. The van der Waals surface area contributed by atoms with Crippen molar-refractivity contribution in [3.63, 3.8) is 0 Å². The monoisotopic (exact) mass is 208 g/mol. The van der Waals surface area contributed by atoms with Crippen LogP contribution in [0.3, 0.4) is 0 Å². The van der Waals surface area contributed by atoms with E-state index in [1.165, 1.54) is 7.11 Å². The summed E-state index contributed by atoms with van der Waals surface area (Å²) in [7, 11) is 1.39. The van der Waals surface area contributed by atoms with Crippen LogP contribution in [-0.2, 0) is 9.53 Å². The van der Waals surface area contributed by atoms with Crippen LogP contribution in [0, 0.1) is 0 Å². The minimum Gasteiger partial charge on any atom is -0.468 e. The van der Waals surface area contributed by atoms with Crippen LogP contribution in [0.25, 0.3) is 0 Å². The Balaban J connectivity index is 2.56. The molecule has 0 radical (unpaired) electrons. The van der Waals surface area contributed by atoms with Crippen LogP contribution < -0.4 is 5.32 Å². The van der Waals surface area contributed by atoms with Gasteiger partial charge in [-0.3, -0.25) is 15.1 Å². The van der Waals surface area contributed by atoms with Gasteiger partial charge in [0.1, 0.15) is 6.04 Å². The molecule has 1 unspecified atom stereocenters. The molecular formula is C11H16N2O2. The Bertz CT molecular complexity index is 314. The topological polar surface area (TPSA) is 51.2 Å². The number of rotatable bonds is 4. The van der Waals surface area contributed by atoms with Crippen LogP contribution in [0.15, 0.2) is 24.5 Å². The molecule has 1 heterocycles. The van der Waals surface area contributed by atoms with E-state index in [9.17, 15) is 4.79 Å². The van der Waals surface area contributed by atoms with Crippen molar-refractivity contribution in [2.45, 2.75) is 25.9 Å². The average molecular weight is 208 g/mol. The van der Waals surface area contributed by atoms with Crippen LogP contribution in [-0.4, -0.2) is 24.1 Å². The molecule has 2 atom stereocenters. The Labute approximate surface area is 89.7 Å². The maximum atomic E-state index is 11.2. The largest absolute Gasteiger partial charge is 0.468 e. The lowest BCUT2D eigenvalue weighted by Gasteiger charge is -2.18. The van der Waals surface area contributed by atoms with E-state index in [-0.39, 0.29) is 18.1 Å². The first-order chi connectivity index (χ1) is 7.15. The van der Waals surface area contributed by atoms with Crippen LogP contribution in [0.4, 0.5) is 0 Å². The summed E-state index contributed by atoms with van der Waals surface area (Å²) in [5.74, 6) is -0.254. The Morgan fingerprint density at radius 3 is 2.53 bits per heavy atom. The minimum absolute atomic E-state index is 0.0992. The summed E-state index contributed by atoms with van der Waals surface area (Å²) in [5, 5.41) is 3.14. The van der Waals surface area contributed by atoms with Gasteiger partial charge in [0, 0.05) is 18.4 Å². The van der Waals surface area contributed by atoms with E-state index in [1.54, 1.807) is 19.3 Å². The summed E-state index contributed by atoms with van der Waals surface area (Å²) >= 11 is 0. The van der Waals surface area contributed by atoms with E-state index in [1.807, 2.05) is 19.1 Å². The highest BCUT2D eigenvalue weighted by atomic mass is 16.5. The molecule has 0 aliphatic carbocycles. The molecule has 0 aromatic carbocycles. The normalized spacial score (nSPS) is 14.3. The second-order valence-electron chi connectivity index (χ2n) is 3.41. The fraction of sp³-hybridized carbons (Fsp3) is 0.455. The van der Waals surface area contributed by atoms with Crippen molar-refractivity contribution in [3.8, 4) is 0 Å². The van der Waals surface area contributed by atoms with E-state index in [0.717, 1.165) is 5.56 Å². The maximum Gasteiger partial charge on any atom is 0.322 e. The van der Waals surface area contributed by atoms with Gasteiger partial charge in [-0.2, -0.15) is 0 Å². The van der Waals surface area contributed by atoms with Gasteiger partial charge in [0.15, 0.2) is 0 Å². The summed E-state index contributed by atoms with van der Waals surface area (Å²) in [6, 6.07) is 3.63. The lowest BCUT2D eigenvalue weighted by Crippen LogP contribution is -2.36. The summed E-state index contributed by atoms with van der Waals surface area (Å²) in [6.07, 6.45) is 3.46. The molecule has 0 aliphatic heterocycles. The van der Waals surface area contributed by atoms with Gasteiger partial charge in [-0.1, -0.05) is 0 Å². The van der Waals surface area contributed by atoms with Gasteiger partial charge in [0.2, 0.25) is 0 Å². The molecule has 82 valence electrons. The third-order valence-corrected chi connectivity index (χ3v) is 2.26. The van der Waals surface area contributed by atoms with Crippen molar-refractivity contribution in [3.05, 3.63) is 30.1 Å². The molecule has 1 aromatic rings. The highest BCUT2D eigenvalue weighted by Crippen LogP contribution is 2.11. The number of pyridine rings is 1. The SMILES string of the molecule is COC(=O)C(C)N[C@H](C)c1ccncc1. The number of aromatic nitrogens is 1. The number of nitrogens with one attached hydrogen (secondary N) is 1. The first-order valence-electron chi connectivity index (χ1n) is 4.89. The van der Waals surface area contributed by atoms with Gasteiger partial charge in [0.05, 0.1) is 7.11 Å². The smallest absolute Gasteiger partial charge is 0.322 e. The van der Waals surface area contributed by atoms with Crippen LogP contribution >= 0.6 is 0 Å². The van der Waals surface area contributed by atoms with Crippen molar-refractivity contribution in [2.75, 3.05) is 7.11 Å². The molecule has 1 N–H and O–H groups in total. The summed E-state index contributed by atoms with van der Waals surface area (Å²) in [5.41, 5.74) is 1.10. The Hall–Kier alpha value is -1.42. The third kappa shape index (κ3) is 3.32. The molecule has 0 saturated carbocycles. The lowest BCUT2D eigenvalue weighted by atomic mass is 10.1. The zero-order valence-electron chi connectivity index (χ0n) is 9.23. The number of nitrogens with zero attached hydrogens (tertiary/aromatic N) is 1. The van der Waals surface area contributed by atoms with Crippen LogP contribution in [0.2, 0.25) is 0 Å². The molecule has 0 fully saturated rings. The molecule has 1 aromatic heterocycles. The number of carbonyl (C=O) groups is 1. The van der Waals surface area contributed by atoms with E-state index in [0.29, 0.717) is 0 Å². The molecule has 15 heavy (non-hydrogen) atoms. The van der Waals surface area contributed by atoms with Gasteiger partial charge >= 0.3 is 5.97 Å². The number of esters is 1. The second-order valence-corrected chi connectivity index (χ2v) is 3.41. The molecule has 0 aliphatic rings. The van der Waals surface area contributed by atoms with Gasteiger partial charge < -0.3 is 4.74 Å². The summed E-state index contributed by atoms with van der Waals surface area (Å²) in [6.45, 7) is 3.78. The molecule has 1 rings (SSSR count). The number of hydrogen-bond acceptors (Lipinski definition) is 4. The standard InChI is InChI=1S/C11H16N2O2/c1-8(10-4-6-12-7-5-10)13-9(2)11(14)15-3/h4-9,13H,1-3H3/t8-,9?/m1/s1. The summed E-state index contributed by atoms with van der Waals surface area (Å²) in [4.78, 5) is 15.1. The fourth-order valence-electron chi connectivity index (χ4n) is 1.37. The second kappa shape index (κ2) is 5.46. The average Bonchev–Trinajstić information content (AvgIpc) is 2.29. The predicted octanol–water partition coefficient (Wildman–Crippen LogP) is 1.29. The van der Waals surface area contributed by atoms with Crippen molar-refractivity contribution < 1.29 is 9.53 Å². The molecule has 0 spiro atoms. The zero-order chi connectivity index (χ0) is 11.3. The van der Waals surface area contributed by atoms with Crippen LogP contribution in [0.1, 0.15) is 25.5 Å². The first-order valence-corrected chi connectivity index (χ1v) is 4.89. The molecule has 0 bridgehead atoms. The number of carbonyl (C=O) groups excluding carboxylic acids is 1. The van der Waals surface area contributed by atoms with Crippen molar-refractivity contribution in [1.82, 2.24) is 10.3 Å². The predicted molar refractivity (Wildman–Crippen MR) is 57.3 cm³/mol. The third-order valence-electron chi connectivity index (χ3n) is 2.26. The van der Waals surface area contributed by atoms with Gasteiger partial charge in [-0.15, -0.1) is 0 Å². The lowest BCUT2D eigenvalue weighted by molar-refractivity contribution is -0.142. The van der Waals surface area contributed by atoms with E-state index in [4.69, 9.17) is 0 Å². The minimum atomic E-state index is -0.307. The number of ether oxygens (including phenoxy) is 1. The van der Waals surface area contributed by atoms with E-state index in [2.05, 4.69) is 15.0 Å². The summed E-state index contributed by atoms with van der Waals surface area (Å²) < 4.78 is 4.63. The van der Waals surface area contributed by atoms with E-state index < -0.39 is 0 Å². The maximum absolute atomic E-state index is 11.2. The Kier molecular flexibility index (Phi) is 4.24. The Morgan fingerprint density at radius 1 is 1.40 bits per heavy atom. The van der Waals surface area contributed by atoms with Crippen molar-refractivity contribution >= 4 is 5.97 Å².